The SMILES string of the molecule is CCOc1ncccc1C(=O)N1CC[C@@H](Oc2ccc(C)nn2)C1. The van der Waals surface area contributed by atoms with Crippen molar-refractivity contribution in [2.75, 3.05) is 19.7 Å². The molecule has 3 rings (SSSR count). The van der Waals surface area contributed by atoms with Crippen LogP contribution in [0.5, 0.6) is 11.8 Å². The summed E-state index contributed by atoms with van der Waals surface area (Å²) < 4.78 is 11.3. The van der Waals surface area contributed by atoms with Crippen LogP contribution in [0.15, 0.2) is 30.5 Å². The van der Waals surface area contributed by atoms with Crippen LogP contribution in [-0.2, 0) is 0 Å². The summed E-state index contributed by atoms with van der Waals surface area (Å²) in [5, 5.41) is 7.98. The first-order valence-electron chi connectivity index (χ1n) is 8.01. The van der Waals surface area contributed by atoms with Gasteiger partial charge >= 0.3 is 0 Å². The molecule has 1 saturated heterocycles. The monoisotopic (exact) mass is 328 g/mol. The minimum Gasteiger partial charge on any atom is -0.477 e. The van der Waals surface area contributed by atoms with Crippen LogP contribution in [0.25, 0.3) is 0 Å². The second-order valence-electron chi connectivity index (χ2n) is 5.58. The first-order valence-corrected chi connectivity index (χ1v) is 8.01. The Morgan fingerprint density at radius 1 is 1.33 bits per heavy atom. The summed E-state index contributed by atoms with van der Waals surface area (Å²) in [5.74, 6) is 0.766. The van der Waals surface area contributed by atoms with Crippen LogP contribution in [0.4, 0.5) is 0 Å². The van der Waals surface area contributed by atoms with E-state index in [2.05, 4.69) is 15.2 Å². The van der Waals surface area contributed by atoms with Crippen LogP contribution in [0, 0.1) is 6.92 Å². The lowest BCUT2D eigenvalue weighted by Gasteiger charge is -2.18. The largest absolute Gasteiger partial charge is 0.477 e. The van der Waals surface area contributed by atoms with Crippen molar-refractivity contribution in [1.29, 1.82) is 0 Å². The summed E-state index contributed by atoms with van der Waals surface area (Å²) in [6, 6.07) is 7.12. The van der Waals surface area contributed by atoms with E-state index in [9.17, 15) is 4.79 Å². The molecule has 0 N–H and O–H groups in total. The van der Waals surface area contributed by atoms with Gasteiger partial charge in [-0.25, -0.2) is 4.98 Å². The molecular weight excluding hydrogens is 308 g/mol. The van der Waals surface area contributed by atoms with Gasteiger partial charge in [-0.15, -0.1) is 5.10 Å². The summed E-state index contributed by atoms with van der Waals surface area (Å²) >= 11 is 0. The molecule has 0 bridgehead atoms. The third kappa shape index (κ3) is 3.61. The second-order valence-corrected chi connectivity index (χ2v) is 5.58. The molecule has 7 heteroatoms. The Kier molecular flexibility index (Phi) is 4.88. The number of ether oxygens (including phenoxy) is 2. The fourth-order valence-electron chi connectivity index (χ4n) is 2.60. The summed E-state index contributed by atoms with van der Waals surface area (Å²) in [7, 11) is 0. The van der Waals surface area contributed by atoms with Gasteiger partial charge in [0, 0.05) is 25.2 Å². The predicted octanol–water partition coefficient (Wildman–Crippen LogP) is 1.87. The fourth-order valence-corrected chi connectivity index (χ4v) is 2.60. The Labute approximate surface area is 140 Å². The number of hydrogen-bond acceptors (Lipinski definition) is 6. The maximum Gasteiger partial charge on any atom is 0.259 e. The minimum atomic E-state index is -0.0901. The lowest BCUT2D eigenvalue weighted by atomic mass is 10.2. The number of nitrogens with zero attached hydrogens (tertiary/aromatic N) is 4. The van der Waals surface area contributed by atoms with E-state index in [-0.39, 0.29) is 12.0 Å². The van der Waals surface area contributed by atoms with E-state index < -0.39 is 0 Å². The summed E-state index contributed by atoms with van der Waals surface area (Å²) in [6.45, 7) is 5.34. The smallest absolute Gasteiger partial charge is 0.259 e. The number of amides is 1. The van der Waals surface area contributed by atoms with Crippen LogP contribution in [-0.4, -0.2) is 51.8 Å². The molecule has 0 spiro atoms. The van der Waals surface area contributed by atoms with Crippen molar-refractivity contribution in [3.63, 3.8) is 0 Å². The molecule has 2 aromatic rings. The highest BCUT2D eigenvalue weighted by molar-refractivity contribution is 5.96. The van der Waals surface area contributed by atoms with E-state index in [1.54, 1.807) is 29.3 Å². The van der Waals surface area contributed by atoms with Gasteiger partial charge in [-0.3, -0.25) is 4.79 Å². The number of pyridine rings is 1. The molecule has 1 aliphatic rings. The Morgan fingerprint density at radius 2 is 2.21 bits per heavy atom. The Morgan fingerprint density at radius 3 is 2.96 bits per heavy atom. The van der Waals surface area contributed by atoms with Crippen molar-refractivity contribution >= 4 is 5.91 Å². The summed E-state index contributed by atoms with van der Waals surface area (Å²) in [4.78, 5) is 18.6. The molecule has 126 valence electrons. The Bertz CT molecular complexity index is 705. The van der Waals surface area contributed by atoms with E-state index in [1.807, 2.05) is 19.9 Å². The molecule has 24 heavy (non-hydrogen) atoms. The molecule has 1 amide bonds. The number of likely N-dealkylation sites (tertiary alicyclic amines) is 1. The van der Waals surface area contributed by atoms with Crippen molar-refractivity contribution in [3.05, 3.63) is 41.7 Å². The topological polar surface area (TPSA) is 77.4 Å². The molecule has 0 saturated carbocycles. The zero-order chi connectivity index (χ0) is 16.9. The first-order chi connectivity index (χ1) is 11.7. The number of aromatic nitrogens is 3. The maximum absolute atomic E-state index is 12.7. The van der Waals surface area contributed by atoms with Crippen LogP contribution in [0.3, 0.4) is 0 Å². The third-order valence-corrected chi connectivity index (χ3v) is 3.78. The average molecular weight is 328 g/mol. The van der Waals surface area contributed by atoms with Crippen LogP contribution < -0.4 is 9.47 Å². The van der Waals surface area contributed by atoms with Crippen LogP contribution in [0.2, 0.25) is 0 Å². The molecular formula is C17H20N4O3. The van der Waals surface area contributed by atoms with Crippen molar-refractivity contribution in [2.24, 2.45) is 0 Å². The Hall–Kier alpha value is -2.70. The van der Waals surface area contributed by atoms with Gasteiger partial charge in [0.1, 0.15) is 11.7 Å². The first kappa shape index (κ1) is 16.2. The van der Waals surface area contributed by atoms with Crippen molar-refractivity contribution in [3.8, 4) is 11.8 Å². The van der Waals surface area contributed by atoms with Crippen LogP contribution >= 0.6 is 0 Å². The number of hydrogen-bond donors (Lipinski definition) is 0. The van der Waals surface area contributed by atoms with Crippen molar-refractivity contribution < 1.29 is 14.3 Å². The molecule has 0 unspecified atom stereocenters. The highest BCUT2D eigenvalue weighted by Crippen LogP contribution is 2.22. The van der Waals surface area contributed by atoms with Gasteiger partial charge in [-0.2, -0.15) is 5.10 Å². The molecule has 7 nitrogen and oxygen atoms in total. The molecule has 0 aliphatic carbocycles. The zero-order valence-electron chi connectivity index (χ0n) is 13.8. The van der Waals surface area contributed by atoms with Crippen LogP contribution in [0.1, 0.15) is 29.4 Å². The average Bonchev–Trinajstić information content (AvgIpc) is 3.06. The Balaban J connectivity index is 1.65. The summed E-state index contributed by atoms with van der Waals surface area (Å²) in [6.07, 6.45) is 2.29. The number of rotatable bonds is 5. The lowest BCUT2D eigenvalue weighted by Crippen LogP contribution is -2.31. The molecule has 3 heterocycles. The van der Waals surface area contributed by atoms with Crippen molar-refractivity contribution in [1.82, 2.24) is 20.1 Å². The number of aryl methyl sites for hydroxylation is 1. The highest BCUT2D eigenvalue weighted by Gasteiger charge is 2.30. The van der Waals surface area contributed by atoms with E-state index in [0.717, 1.165) is 12.1 Å². The van der Waals surface area contributed by atoms with E-state index in [0.29, 0.717) is 37.0 Å². The summed E-state index contributed by atoms with van der Waals surface area (Å²) in [5.41, 5.74) is 1.32. The maximum atomic E-state index is 12.7. The van der Waals surface area contributed by atoms with Gasteiger partial charge in [-0.05, 0) is 32.0 Å². The minimum absolute atomic E-state index is 0.0850. The highest BCUT2D eigenvalue weighted by atomic mass is 16.5. The van der Waals surface area contributed by atoms with Gasteiger partial charge < -0.3 is 14.4 Å². The van der Waals surface area contributed by atoms with E-state index in [1.165, 1.54) is 0 Å². The zero-order valence-corrected chi connectivity index (χ0v) is 13.8. The quantitative estimate of drug-likeness (QED) is 0.834. The van der Waals surface area contributed by atoms with Gasteiger partial charge in [0.15, 0.2) is 0 Å². The van der Waals surface area contributed by atoms with E-state index in [4.69, 9.17) is 9.47 Å². The lowest BCUT2D eigenvalue weighted by molar-refractivity contribution is 0.0766. The van der Waals surface area contributed by atoms with E-state index >= 15 is 0 Å². The standard InChI is InChI=1S/C17H20N4O3/c1-3-23-16-14(5-4-9-18-16)17(22)21-10-8-13(11-21)24-15-7-6-12(2)19-20-15/h4-7,9,13H,3,8,10-11H2,1-2H3/t13-/m1/s1. The molecule has 1 atom stereocenters. The normalized spacial score (nSPS) is 16.9. The predicted molar refractivity (Wildman–Crippen MR) is 87.1 cm³/mol. The molecule has 0 aromatic carbocycles. The number of carbonyl (C=O) groups excluding carboxylic acids is 1. The van der Waals surface area contributed by atoms with Gasteiger partial charge in [0.25, 0.3) is 5.91 Å². The molecule has 1 fully saturated rings. The molecule has 1 aliphatic heterocycles. The molecule has 0 radical (unpaired) electrons. The van der Waals surface area contributed by atoms with Crippen molar-refractivity contribution in [2.45, 2.75) is 26.4 Å². The molecule has 2 aromatic heterocycles. The second kappa shape index (κ2) is 7.25. The number of carbonyl (C=O) groups is 1. The van der Waals surface area contributed by atoms with Gasteiger partial charge in [-0.1, -0.05) is 0 Å². The third-order valence-electron chi connectivity index (χ3n) is 3.78. The fraction of sp³-hybridized carbons (Fsp3) is 0.412. The van der Waals surface area contributed by atoms with Gasteiger partial charge in [0.05, 0.1) is 18.8 Å². The van der Waals surface area contributed by atoms with Gasteiger partial charge in [0.2, 0.25) is 11.8 Å².